The molecule has 0 radical (unpaired) electrons. The van der Waals surface area contributed by atoms with Gasteiger partial charge in [-0.1, -0.05) is 31.2 Å². The summed E-state index contributed by atoms with van der Waals surface area (Å²) in [6.07, 6.45) is 0.873. The zero-order valence-electron chi connectivity index (χ0n) is 19.9. The van der Waals surface area contributed by atoms with E-state index in [0.717, 1.165) is 5.56 Å². The lowest BCUT2D eigenvalue weighted by Gasteiger charge is -2.31. The molecule has 1 N–H and O–H groups in total. The summed E-state index contributed by atoms with van der Waals surface area (Å²) in [5, 5.41) is 2.81. The van der Waals surface area contributed by atoms with Gasteiger partial charge >= 0.3 is 0 Å². The summed E-state index contributed by atoms with van der Waals surface area (Å²) < 4.78 is 5.29. The smallest absolute Gasteiger partial charge is 0.261 e. The van der Waals surface area contributed by atoms with Crippen molar-refractivity contribution in [3.8, 4) is 5.75 Å². The molecule has 34 heavy (non-hydrogen) atoms. The maximum absolute atomic E-state index is 13.3. The third-order valence-electron chi connectivity index (χ3n) is 5.87. The first-order valence-electron chi connectivity index (χ1n) is 11.6. The molecule has 2 aromatic carbocycles. The molecular formula is C26H31N3O5. The molecule has 3 rings (SSSR count). The Morgan fingerprint density at radius 1 is 1.03 bits per heavy atom. The number of hydrogen-bond donors (Lipinski definition) is 1. The van der Waals surface area contributed by atoms with E-state index in [-0.39, 0.29) is 43.1 Å². The molecule has 0 saturated carbocycles. The number of amides is 4. The van der Waals surface area contributed by atoms with Crippen LogP contribution < -0.4 is 10.1 Å². The quantitative estimate of drug-likeness (QED) is 0.515. The maximum Gasteiger partial charge on any atom is 0.261 e. The summed E-state index contributed by atoms with van der Waals surface area (Å²) in [7, 11) is 1.57. The first kappa shape index (κ1) is 25.0. The molecule has 0 saturated heterocycles. The number of nitrogens with zero attached hydrogens (tertiary/aromatic N) is 2. The molecule has 0 aromatic heterocycles. The zero-order valence-corrected chi connectivity index (χ0v) is 19.9. The summed E-state index contributed by atoms with van der Waals surface area (Å²) in [4.78, 5) is 53.9. The van der Waals surface area contributed by atoms with Crippen LogP contribution in [0.4, 0.5) is 0 Å². The number of fused-ring (bicyclic) bond motifs is 1. The lowest BCUT2D eigenvalue weighted by atomic mass is 10.1. The van der Waals surface area contributed by atoms with E-state index in [9.17, 15) is 19.2 Å². The second-order valence-electron chi connectivity index (χ2n) is 8.10. The predicted molar refractivity (Wildman–Crippen MR) is 127 cm³/mol. The Hall–Kier alpha value is -3.68. The zero-order chi connectivity index (χ0) is 24.7. The number of benzene rings is 2. The fourth-order valence-electron chi connectivity index (χ4n) is 4.15. The molecule has 8 nitrogen and oxygen atoms in total. The first-order valence-corrected chi connectivity index (χ1v) is 11.6. The summed E-state index contributed by atoms with van der Waals surface area (Å²) in [6.45, 7) is 4.56. The normalized spacial score (nSPS) is 13.4. The topological polar surface area (TPSA) is 96.0 Å². The number of hydrogen-bond acceptors (Lipinski definition) is 5. The van der Waals surface area contributed by atoms with Gasteiger partial charge in [-0.05, 0) is 49.6 Å². The minimum absolute atomic E-state index is 0.104. The van der Waals surface area contributed by atoms with Gasteiger partial charge in [-0.3, -0.25) is 24.1 Å². The van der Waals surface area contributed by atoms with Crippen LogP contribution in [0.25, 0.3) is 0 Å². The van der Waals surface area contributed by atoms with Crippen LogP contribution in [0, 0.1) is 0 Å². The number of carbonyl (C=O) groups is 4. The molecule has 4 amide bonds. The van der Waals surface area contributed by atoms with Crippen LogP contribution in [-0.2, 0) is 16.1 Å². The molecule has 0 aliphatic carbocycles. The van der Waals surface area contributed by atoms with Gasteiger partial charge in [0.2, 0.25) is 11.8 Å². The van der Waals surface area contributed by atoms with E-state index >= 15 is 0 Å². The molecule has 2 aromatic rings. The fraction of sp³-hybridized carbons (Fsp3) is 0.385. The SMILES string of the molecule is CCNC(=O)[C@@H](CC)N(Cc1cccc(OC)c1)C(=O)CCCN1C(=O)c2ccccc2C1=O. The highest BCUT2D eigenvalue weighted by atomic mass is 16.5. The molecule has 180 valence electrons. The van der Waals surface area contributed by atoms with Crippen molar-refractivity contribution < 1.29 is 23.9 Å². The minimum atomic E-state index is -0.627. The summed E-state index contributed by atoms with van der Waals surface area (Å²) in [6, 6.07) is 13.5. The third kappa shape index (κ3) is 5.44. The van der Waals surface area contributed by atoms with Gasteiger partial charge in [0.1, 0.15) is 11.8 Å². The van der Waals surface area contributed by atoms with Crippen molar-refractivity contribution in [2.24, 2.45) is 0 Å². The first-order chi connectivity index (χ1) is 16.4. The van der Waals surface area contributed by atoms with Crippen molar-refractivity contribution in [2.75, 3.05) is 20.2 Å². The van der Waals surface area contributed by atoms with Crippen molar-refractivity contribution in [1.82, 2.24) is 15.1 Å². The van der Waals surface area contributed by atoms with E-state index in [2.05, 4.69) is 5.32 Å². The van der Waals surface area contributed by atoms with E-state index in [4.69, 9.17) is 4.74 Å². The number of carbonyl (C=O) groups excluding carboxylic acids is 4. The Labute approximate surface area is 199 Å². The second-order valence-corrected chi connectivity index (χ2v) is 8.10. The Kier molecular flexibility index (Phi) is 8.40. The number of nitrogens with one attached hydrogen (secondary N) is 1. The van der Waals surface area contributed by atoms with E-state index in [1.807, 2.05) is 38.1 Å². The van der Waals surface area contributed by atoms with Crippen LogP contribution >= 0.6 is 0 Å². The van der Waals surface area contributed by atoms with Gasteiger partial charge in [-0.2, -0.15) is 0 Å². The number of methoxy groups -OCH3 is 1. The third-order valence-corrected chi connectivity index (χ3v) is 5.87. The molecule has 0 spiro atoms. The van der Waals surface area contributed by atoms with Gasteiger partial charge in [0.05, 0.1) is 18.2 Å². The molecule has 0 fully saturated rings. The van der Waals surface area contributed by atoms with Crippen LogP contribution in [0.15, 0.2) is 48.5 Å². The number of rotatable bonds is 11. The monoisotopic (exact) mass is 465 g/mol. The van der Waals surface area contributed by atoms with E-state index in [1.165, 1.54) is 4.90 Å². The van der Waals surface area contributed by atoms with Crippen molar-refractivity contribution in [3.05, 3.63) is 65.2 Å². The van der Waals surface area contributed by atoms with Crippen LogP contribution in [0.5, 0.6) is 5.75 Å². The molecule has 1 heterocycles. The van der Waals surface area contributed by atoms with Gasteiger partial charge < -0.3 is 15.0 Å². The predicted octanol–water partition coefficient (Wildman–Crippen LogP) is 3.01. The van der Waals surface area contributed by atoms with Gasteiger partial charge in [0, 0.05) is 26.1 Å². The van der Waals surface area contributed by atoms with Gasteiger partial charge in [-0.25, -0.2) is 0 Å². The van der Waals surface area contributed by atoms with Crippen molar-refractivity contribution in [1.29, 1.82) is 0 Å². The maximum atomic E-state index is 13.3. The Balaban J connectivity index is 1.71. The van der Waals surface area contributed by atoms with Gasteiger partial charge in [0.15, 0.2) is 0 Å². The number of likely N-dealkylation sites (N-methyl/N-ethyl adjacent to an activating group) is 1. The van der Waals surface area contributed by atoms with Gasteiger partial charge in [0.25, 0.3) is 11.8 Å². The average Bonchev–Trinajstić information content (AvgIpc) is 3.09. The number of ether oxygens (including phenoxy) is 1. The highest BCUT2D eigenvalue weighted by molar-refractivity contribution is 6.21. The Bertz CT molecular complexity index is 1030. The molecule has 1 aliphatic rings. The minimum Gasteiger partial charge on any atom is -0.497 e. The molecular weight excluding hydrogens is 434 g/mol. The van der Waals surface area contributed by atoms with Crippen LogP contribution in [0.3, 0.4) is 0 Å². The fourth-order valence-corrected chi connectivity index (χ4v) is 4.15. The van der Waals surface area contributed by atoms with Crippen molar-refractivity contribution in [2.45, 2.75) is 45.7 Å². The number of imide groups is 1. The van der Waals surface area contributed by atoms with E-state index in [1.54, 1.807) is 36.3 Å². The summed E-state index contributed by atoms with van der Waals surface area (Å²) in [5.41, 5.74) is 1.62. The molecule has 1 aliphatic heterocycles. The highest BCUT2D eigenvalue weighted by Gasteiger charge is 2.35. The van der Waals surface area contributed by atoms with Crippen molar-refractivity contribution >= 4 is 23.6 Å². The molecule has 1 atom stereocenters. The highest BCUT2D eigenvalue weighted by Crippen LogP contribution is 2.23. The Morgan fingerprint density at radius 3 is 2.29 bits per heavy atom. The van der Waals surface area contributed by atoms with E-state index < -0.39 is 6.04 Å². The lowest BCUT2D eigenvalue weighted by Crippen LogP contribution is -2.49. The molecule has 0 bridgehead atoms. The standard InChI is InChI=1S/C26H31N3O5/c1-4-22(24(31)27-5-2)29(17-18-10-8-11-19(16-18)34-3)23(30)14-9-15-28-25(32)20-12-6-7-13-21(20)26(28)33/h6-8,10-13,16,22H,4-5,9,14-15,17H2,1-3H3,(H,27,31)/t22-/m1/s1. The Morgan fingerprint density at radius 2 is 1.71 bits per heavy atom. The average molecular weight is 466 g/mol. The summed E-state index contributed by atoms with van der Waals surface area (Å²) in [5.74, 6) is -0.425. The van der Waals surface area contributed by atoms with Crippen molar-refractivity contribution in [3.63, 3.8) is 0 Å². The van der Waals surface area contributed by atoms with Crippen LogP contribution in [0.2, 0.25) is 0 Å². The van der Waals surface area contributed by atoms with Crippen LogP contribution in [0.1, 0.15) is 59.4 Å². The van der Waals surface area contributed by atoms with Crippen LogP contribution in [-0.4, -0.2) is 59.7 Å². The molecule has 8 heteroatoms. The second kappa shape index (κ2) is 11.4. The summed E-state index contributed by atoms with van der Waals surface area (Å²) >= 11 is 0. The van der Waals surface area contributed by atoms with Gasteiger partial charge in [-0.15, -0.1) is 0 Å². The molecule has 0 unspecified atom stereocenters. The largest absolute Gasteiger partial charge is 0.497 e. The van der Waals surface area contributed by atoms with E-state index in [0.29, 0.717) is 36.3 Å². The lowest BCUT2D eigenvalue weighted by molar-refractivity contribution is -0.141.